The van der Waals surface area contributed by atoms with Crippen LogP contribution in [0.3, 0.4) is 0 Å². The molecule has 2 N–H and O–H groups in total. The zero-order chi connectivity index (χ0) is 12.3. The van der Waals surface area contributed by atoms with Crippen LogP contribution in [-0.2, 0) is 10.0 Å². The van der Waals surface area contributed by atoms with Gasteiger partial charge in [-0.05, 0) is 43.7 Å². The lowest BCUT2D eigenvalue weighted by Gasteiger charge is -2.23. The summed E-state index contributed by atoms with van der Waals surface area (Å²) in [5, 5.41) is 3.70. The van der Waals surface area contributed by atoms with E-state index in [1.54, 1.807) is 12.1 Å². The van der Waals surface area contributed by atoms with E-state index in [1.807, 2.05) is 0 Å². The SMILES string of the molecule is Cl.O=S(=O)(NC1CCCNC1)c1ccc(Cl)cc1. The van der Waals surface area contributed by atoms with Crippen LogP contribution in [0.1, 0.15) is 12.8 Å². The molecule has 7 heteroatoms. The van der Waals surface area contributed by atoms with Crippen LogP contribution in [0.2, 0.25) is 5.02 Å². The van der Waals surface area contributed by atoms with Crippen molar-refractivity contribution in [3.8, 4) is 0 Å². The van der Waals surface area contributed by atoms with Crippen LogP contribution in [0.4, 0.5) is 0 Å². The van der Waals surface area contributed by atoms with Crippen molar-refractivity contribution in [2.75, 3.05) is 13.1 Å². The third-order valence-electron chi connectivity index (χ3n) is 2.74. The smallest absolute Gasteiger partial charge is 0.240 e. The number of nitrogens with one attached hydrogen (secondary N) is 2. The molecule has 0 aliphatic carbocycles. The predicted octanol–water partition coefficient (Wildman–Crippen LogP) is 1.79. The number of hydrogen-bond acceptors (Lipinski definition) is 3. The van der Waals surface area contributed by atoms with Crippen LogP contribution in [-0.4, -0.2) is 27.5 Å². The summed E-state index contributed by atoms with van der Waals surface area (Å²) < 4.78 is 26.8. The lowest BCUT2D eigenvalue weighted by atomic mass is 10.1. The predicted molar refractivity (Wildman–Crippen MR) is 74.9 cm³/mol. The number of benzene rings is 1. The van der Waals surface area contributed by atoms with Crippen molar-refractivity contribution >= 4 is 34.0 Å². The monoisotopic (exact) mass is 310 g/mol. The fourth-order valence-electron chi connectivity index (χ4n) is 1.85. The maximum Gasteiger partial charge on any atom is 0.240 e. The second-order valence-corrected chi connectivity index (χ2v) is 6.27. The summed E-state index contributed by atoms with van der Waals surface area (Å²) in [6.45, 7) is 1.64. The topological polar surface area (TPSA) is 58.2 Å². The molecule has 102 valence electrons. The van der Waals surface area contributed by atoms with Gasteiger partial charge in [0.1, 0.15) is 0 Å². The van der Waals surface area contributed by atoms with Crippen molar-refractivity contribution in [2.24, 2.45) is 0 Å². The highest BCUT2D eigenvalue weighted by Crippen LogP contribution is 2.15. The third-order valence-corrected chi connectivity index (χ3v) is 4.53. The summed E-state index contributed by atoms with van der Waals surface area (Å²) in [5.74, 6) is 0. The van der Waals surface area contributed by atoms with Crippen LogP contribution in [0, 0.1) is 0 Å². The molecule has 0 saturated carbocycles. The number of sulfonamides is 1. The van der Waals surface area contributed by atoms with Crippen molar-refractivity contribution in [2.45, 2.75) is 23.8 Å². The number of hydrogen-bond donors (Lipinski definition) is 2. The molecule has 1 atom stereocenters. The first kappa shape index (κ1) is 15.7. The summed E-state index contributed by atoms with van der Waals surface area (Å²) in [6.07, 6.45) is 1.87. The molecule has 2 rings (SSSR count). The molecule has 4 nitrogen and oxygen atoms in total. The fourth-order valence-corrected chi connectivity index (χ4v) is 3.25. The van der Waals surface area contributed by atoms with Crippen molar-refractivity contribution in [1.82, 2.24) is 10.0 Å². The minimum Gasteiger partial charge on any atom is -0.315 e. The standard InChI is InChI=1S/C11H15ClN2O2S.ClH/c12-9-3-5-11(6-4-9)17(15,16)14-10-2-1-7-13-8-10;/h3-6,10,13-14H,1-2,7-8H2;1H. The average molecular weight is 311 g/mol. The van der Waals surface area contributed by atoms with Crippen LogP contribution in [0.5, 0.6) is 0 Å². The first-order chi connectivity index (χ1) is 8.08. The van der Waals surface area contributed by atoms with Crippen LogP contribution in [0.15, 0.2) is 29.2 Å². The second-order valence-electron chi connectivity index (χ2n) is 4.12. The van der Waals surface area contributed by atoms with E-state index < -0.39 is 10.0 Å². The van der Waals surface area contributed by atoms with Gasteiger partial charge >= 0.3 is 0 Å². The minimum atomic E-state index is -3.43. The maximum absolute atomic E-state index is 12.0. The van der Waals surface area contributed by atoms with Crippen molar-refractivity contribution < 1.29 is 8.42 Å². The van der Waals surface area contributed by atoms with Gasteiger partial charge in [0, 0.05) is 17.6 Å². The lowest BCUT2D eigenvalue weighted by Crippen LogP contribution is -2.45. The molecular formula is C11H16Cl2N2O2S. The van der Waals surface area contributed by atoms with Gasteiger partial charge in [-0.15, -0.1) is 12.4 Å². The van der Waals surface area contributed by atoms with Gasteiger partial charge in [0.2, 0.25) is 10.0 Å². The Morgan fingerprint density at radius 2 is 1.94 bits per heavy atom. The van der Waals surface area contributed by atoms with Crippen LogP contribution >= 0.6 is 24.0 Å². The fraction of sp³-hybridized carbons (Fsp3) is 0.455. The zero-order valence-electron chi connectivity index (χ0n) is 9.73. The maximum atomic E-state index is 12.0. The molecule has 0 aromatic heterocycles. The Bertz CT molecular complexity index is 470. The Morgan fingerprint density at radius 1 is 1.28 bits per heavy atom. The average Bonchev–Trinajstić information content (AvgIpc) is 2.30. The Labute approximate surface area is 119 Å². The summed E-state index contributed by atoms with van der Waals surface area (Å²) >= 11 is 5.73. The van der Waals surface area contributed by atoms with Gasteiger partial charge in [-0.2, -0.15) is 0 Å². The highest BCUT2D eigenvalue weighted by molar-refractivity contribution is 7.89. The first-order valence-electron chi connectivity index (χ1n) is 5.56. The number of rotatable bonds is 3. The molecular weight excluding hydrogens is 295 g/mol. The Balaban J connectivity index is 0.00000162. The molecule has 1 fully saturated rings. The van der Waals surface area contributed by atoms with Gasteiger partial charge in [0.15, 0.2) is 0 Å². The minimum absolute atomic E-state index is 0. The van der Waals surface area contributed by atoms with E-state index in [1.165, 1.54) is 12.1 Å². The molecule has 0 amide bonds. The van der Waals surface area contributed by atoms with Crippen molar-refractivity contribution in [3.63, 3.8) is 0 Å². The van der Waals surface area contributed by atoms with Crippen LogP contribution in [0.25, 0.3) is 0 Å². The van der Waals surface area contributed by atoms with E-state index >= 15 is 0 Å². The summed E-state index contributed by atoms with van der Waals surface area (Å²) in [5.41, 5.74) is 0. The lowest BCUT2D eigenvalue weighted by molar-refractivity contribution is 0.428. The third kappa shape index (κ3) is 4.10. The molecule has 0 spiro atoms. The van der Waals surface area contributed by atoms with Gasteiger partial charge in [0.05, 0.1) is 4.90 Å². The molecule has 0 radical (unpaired) electrons. The van der Waals surface area contributed by atoms with E-state index in [0.717, 1.165) is 19.4 Å². The first-order valence-corrected chi connectivity index (χ1v) is 7.43. The quantitative estimate of drug-likeness (QED) is 0.895. The van der Waals surface area contributed by atoms with E-state index in [9.17, 15) is 8.42 Å². The van der Waals surface area contributed by atoms with Gasteiger partial charge in [0.25, 0.3) is 0 Å². The van der Waals surface area contributed by atoms with Gasteiger partial charge < -0.3 is 5.32 Å². The van der Waals surface area contributed by atoms with Gasteiger partial charge in [-0.25, -0.2) is 13.1 Å². The Morgan fingerprint density at radius 3 is 2.50 bits per heavy atom. The molecule has 1 aromatic carbocycles. The van der Waals surface area contributed by atoms with Crippen molar-refractivity contribution in [3.05, 3.63) is 29.3 Å². The largest absolute Gasteiger partial charge is 0.315 e. The molecule has 1 heterocycles. The molecule has 18 heavy (non-hydrogen) atoms. The van der Waals surface area contributed by atoms with E-state index in [4.69, 9.17) is 11.6 Å². The molecule has 1 aliphatic rings. The second kappa shape index (κ2) is 6.73. The zero-order valence-corrected chi connectivity index (χ0v) is 12.1. The number of halogens is 2. The van der Waals surface area contributed by atoms with Crippen molar-refractivity contribution in [1.29, 1.82) is 0 Å². The molecule has 0 bridgehead atoms. The van der Waals surface area contributed by atoms with Gasteiger partial charge in [-0.1, -0.05) is 11.6 Å². The highest BCUT2D eigenvalue weighted by atomic mass is 35.5. The molecule has 1 unspecified atom stereocenters. The normalized spacial score (nSPS) is 20.2. The summed E-state index contributed by atoms with van der Waals surface area (Å²) in [7, 11) is -3.43. The molecule has 1 saturated heterocycles. The molecule has 1 aromatic rings. The van der Waals surface area contributed by atoms with E-state index in [2.05, 4.69) is 10.0 Å². The summed E-state index contributed by atoms with van der Waals surface area (Å²) in [6, 6.07) is 6.16. The van der Waals surface area contributed by atoms with E-state index in [-0.39, 0.29) is 23.3 Å². The van der Waals surface area contributed by atoms with E-state index in [0.29, 0.717) is 11.6 Å². The number of piperidine rings is 1. The van der Waals surface area contributed by atoms with Crippen LogP contribution < -0.4 is 10.0 Å². The highest BCUT2D eigenvalue weighted by Gasteiger charge is 2.21. The molecule has 1 aliphatic heterocycles. The summed E-state index contributed by atoms with van der Waals surface area (Å²) in [4.78, 5) is 0.257. The Kier molecular flexibility index (Phi) is 5.88. The Hall–Kier alpha value is -0.330. The van der Waals surface area contributed by atoms with Gasteiger partial charge in [-0.3, -0.25) is 0 Å².